The molecule has 0 spiro atoms. The second kappa shape index (κ2) is 3.20. The van der Waals surface area contributed by atoms with Gasteiger partial charge in [0, 0.05) is 29.6 Å². The molecule has 0 unspecified atom stereocenters. The minimum Gasteiger partial charge on any atom is -0.441 e. The summed E-state index contributed by atoms with van der Waals surface area (Å²) in [6.07, 6.45) is 3.44. The van der Waals surface area contributed by atoms with Gasteiger partial charge in [0.1, 0.15) is 5.82 Å². The van der Waals surface area contributed by atoms with E-state index in [1.165, 1.54) is 12.1 Å². The summed E-state index contributed by atoms with van der Waals surface area (Å²) >= 11 is 0. The highest BCUT2D eigenvalue weighted by atomic mass is 19.1. The number of aromatic amines is 1. The van der Waals surface area contributed by atoms with E-state index in [0.29, 0.717) is 11.7 Å². The van der Waals surface area contributed by atoms with Crippen LogP contribution in [0.3, 0.4) is 0 Å². The maximum Gasteiger partial charge on any atom is 0.191 e. The lowest BCUT2D eigenvalue weighted by Crippen LogP contribution is -1.74. The zero-order valence-electron chi connectivity index (χ0n) is 8.62. The third-order valence-electron chi connectivity index (χ3n) is 2.53. The zero-order valence-corrected chi connectivity index (χ0v) is 8.62. The molecule has 0 aliphatic heterocycles. The predicted octanol–water partition coefficient (Wildman–Crippen LogP) is 3.27. The number of benzene rings is 1. The average molecular weight is 216 g/mol. The van der Waals surface area contributed by atoms with Crippen LogP contribution in [0.2, 0.25) is 0 Å². The highest BCUT2D eigenvalue weighted by Crippen LogP contribution is 2.29. The number of rotatable bonds is 1. The molecule has 0 amide bonds. The number of aryl methyl sites for hydroxylation is 1. The van der Waals surface area contributed by atoms with Gasteiger partial charge in [-0.25, -0.2) is 9.37 Å². The summed E-state index contributed by atoms with van der Waals surface area (Å²) < 4.78 is 18.6. The Hall–Kier alpha value is -2.10. The van der Waals surface area contributed by atoms with Crippen LogP contribution in [0.5, 0.6) is 0 Å². The number of halogens is 1. The zero-order chi connectivity index (χ0) is 11.1. The molecule has 0 aliphatic rings. The maximum absolute atomic E-state index is 13.2. The van der Waals surface area contributed by atoms with Crippen LogP contribution in [-0.4, -0.2) is 9.97 Å². The molecule has 0 fully saturated rings. The first-order chi connectivity index (χ1) is 7.74. The molecule has 1 N–H and O–H groups in total. The SMILES string of the molecule is Cc1ncc(-c2c[nH]c3ccc(F)cc23)o1. The van der Waals surface area contributed by atoms with Crippen molar-refractivity contribution in [3.05, 3.63) is 42.3 Å². The van der Waals surface area contributed by atoms with Gasteiger partial charge in [0.2, 0.25) is 0 Å². The third-order valence-corrected chi connectivity index (χ3v) is 2.53. The molecular weight excluding hydrogens is 207 g/mol. The molecule has 0 atom stereocenters. The van der Waals surface area contributed by atoms with Crippen molar-refractivity contribution in [3.8, 4) is 11.3 Å². The van der Waals surface area contributed by atoms with Crippen LogP contribution < -0.4 is 0 Å². The van der Waals surface area contributed by atoms with Gasteiger partial charge in [0.05, 0.1) is 6.20 Å². The quantitative estimate of drug-likeness (QED) is 0.678. The smallest absolute Gasteiger partial charge is 0.191 e. The molecule has 0 radical (unpaired) electrons. The van der Waals surface area contributed by atoms with Crippen molar-refractivity contribution in [2.75, 3.05) is 0 Å². The van der Waals surface area contributed by atoms with Gasteiger partial charge in [0.15, 0.2) is 11.7 Å². The number of fused-ring (bicyclic) bond motifs is 1. The van der Waals surface area contributed by atoms with Gasteiger partial charge in [-0.3, -0.25) is 0 Å². The van der Waals surface area contributed by atoms with Gasteiger partial charge in [-0.15, -0.1) is 0 Å². The first-order valence-electron chi connectivity index (χ1n) is 4.93. The molecule has 80 valence electrons. The second-order valence-electron chi connectivity index (χ2n) is 3.64. The molecule has 0 aliphatic carbocycles. The summed E-state index contributed by atoms with van der Waals surface area (Å²) in [4.78, 5) is 7.10. The summed E-state index contributed by atoms with van der Waals surface area (Å²) in [5, 5.41) is 0.802. The molecule has 0 saturated carbocycles. The van der Waals surface area contributed by atoms with E-state index in [1.54, 1.807) is 25.4 Å². The fourth-order valence-corrected chi connectivity index (χ4v) is 1.78. The monoisotopic (exact) mass is 216 g/mol. The van der Waals surface area contributed by atoms with Gasteiger partial charge >= 0.3 is 0 Å². The largest absolute Gasteiger partial charge is 0.441 e. The Labute approximate surface area is 90.9 Å². The van der Waals surface area contributed by atoms with Crippen LogP contribution in [-0.2, 0) is 0 Å². The molecule has 3 aromatic rings. The Morgan fingerprint density at radius 1 is 1.38 bits per heavy atom. The molecule has 2 aromatic heterocycles. The van der Waals surface area contributed by atoms with E-state index in [-0.39, 0.29) is 5.82 Å². The van der Waals surface area contributed by atoms with E-state index in [4.69, 9.17) is 4.42 Å². The molecule has 3 rings (SSSR count). The lowest BCUT2D eigenvalue weighted by Gasteiger charge is -1.94. The topological polar surface area (TPSA) is 41.8 Å². The van der Waals surface area contributed by atoms with E-state index >= 15 is 0 Å². The first kappa shape index (κ1) is 9.15. The molecule has 4 heteroatoms. The summed E-state index contributed by atoms with van der Waals surface area (Å²) in [7, 11) is 0. The van der Waals surface area contributed by atoms with Gasteiger partial charge in [-0.05, 0) is 18.2 Å². The number of oxazole rings is 1. The highest BCUT2D eigenvalue weighted by molar-refractivity contribution is 5.94. The number of aromatic nitrogens is 2. The lowest BCUT2D eigenvalue weighted by molar-refractivity contribution is 0.535. The fourth-order valence-electron chi connectivity index (χ4n) is 1.78. The summed E-state index contributed by atoms with van der Waals surface area (Å²) in [6.45, 7) is 1.78. The van der Waals surface area contributed by atoms with Crippen molar-refractivity contribution < 1.29 is 8.81 Å². The average Bonchev–Trinajstić information content (AvgIpc) is 2.83. The molecule has 3 nitrogen and oxygen atoms in total. The van der Waals surface area contributed by atoms with Gasteiger partial charge in [-0.2, -0.15) is 0 Å². The highest BCUT2D eigenvalue weighted by Gasteiger charge is 2.10. The molecular formula is C12H9FN2O. The van der Waals surface area contributed by atoms with Crippen LogP contribution in [0.4, 0.5) is 4.39 Å². The Morgan fingerprint density at radius 3 is 3.00 bits per heavy atom. The number of nitrogens with zero attached hydrogens (tertiary/aromatic N) is 1. The van der Waals surface area contributed by atoms with Gasteiger partial charge < -0.3 is 9.40 Å². The maximum atomic E-state index is 13.2. The van der Waals surface area contributed by atoms with Crippen molar-refractivity contribution in [1.82, 2.24) is 9.97 Å². The Bertz CT molecular complexity index is 654. The normalized spacial score (nSPS) is 11.1. The van der Waals surface area contributed by atoms with Crippen LogP contribution in [0.1, 0.15) is 5.89 Å². The van der Waals surface area contributed by atoms with E-state index in [9.17, 15) is 4.39 Å². The van der Waals surface area contributed by atoms with Crippen molar-refractivity contribution in [1.29, 1.82) is 0 Å². The molecule has 0 saturated heterocycles. The van der Waals surface area contributed by atoms with Crippen LogP contribution >= 0.6 is 0 Å². The second-order valence-corrected chi connectivity index (χ2v) is 3.64. The molecule has 2 heterocycles. The third kappa shape index (κ3) is 1.31. The van der Waals surface area contributed by atoms with E-state index in [2.05, 4.69) is 9.97 Å². The van der Waals surface area contributed by atoms with E-state index in [0.717, 1.165) is 16.5 Å². The standard InChI is InChI=1S/C12H9FN2O/c1-7-14-6-12(16-7)10-5-15-11-3-2-8(13)4-9(10)11/h2-6,15H,1H3. The van der Waals surface area contributed by atoms with Crippen molar-refractivity contribution in [3.63, 3.8) is 0 Å². The van der Waals surface area contributed by atoms with Crippen molar-refractivity contribution in [2.45, 2.75) is 6.92 Å². The number of nitrogens with one attached hydrogen (secondary N) is 1. The minimum absolute atomic E-state index is 0.260. The van der Waals surface area contributed by atoms with Crippen molar-refractivity contribution in [2.24, 2.45) is 0 Å². The Balaban J connectivity index is 2.27. The Morgan fingerprint density at radius 2 is 2.25 bits per heavy atom. The number of hydrogen-bond acceptors (Lipinski definition) is 2. The molecule has 1 aromatic carbocycles. The molecule has 16 heavy (non-hydrogen) atoms. The Kier molecular flexibility index (Phi) is 1.83. The summed E-state index contributed by atoms with van der Waals surface area (Å²) in [5.41, 5.74) is 1.71. The predicted molar refractivity (Wildman–Crippen MR) is 58.5 cm³/mol. The first-order valence-corrected chi connectivity index (χ1v) is 4.93. The summed E-state index contributed by atoms with van der Waals surface area (Å²) in [5.74, 6) is 0.986. The fraction of sp³-hybridized carbons (Fsp3) is 0.0833. The lowest BCUT2D eigenvalue weighted by atomic mass is 10.1. The number of H-pyrrole nitrogens is 1. The van der Waals surface area contributed by atoms with Crippen molar-refractivity contribution >= 4 is 10.9 Å². The van der Waals surface area contributed by atoms with E-state index in [1.807, 2.05) is 0 Å². The summed E-state index contributed by atoms with van der Waals surface area (Å²) in [6, 6.07) is 4.62. The van der Waals surface area contributed by atoms with Crippen LogP contribution in [0, 0.1) is 12.7 Å². The van der Waals surface area contributed by atoms with Gasteiger partial charge in [-0.1, -0.05) is 0 Å². The van der Waals surface area contributed by atoms with Crippen LogP contribution in [0.15, 0.2) is 35.0 Å². The number of hydrogen-bond donors (Lipinski definition) is 1. The van der Waals surface area contributed by atoms with Crippen LogP contribution in [0.25, 0.3) is 22.2 Å². The molecule has 0 bridgehead atoms. The minimum atomic E-state index is -0.260. The van der Waals surface area contributed by atoms with E-state index < -0.39 is 0 Å². The van der Waals surface area contributed by atoms with Gasteiger partial charge in [0.25, 0.3) is 0 Å².